The molecule has 1 fully saturated rings. The number of benzene rings is 2. The molecule has 6 heteroatoms. The maximum atomic E-state index is 13.1. The Balaban J connectivity index is 1.49. The molecule has 4 rings (SSSR count). The van der Waals surface area contributed by atoms with E-state index in [-0.39, 0.29) is 5.91 Å². The monoisotopic (exact) mass is 432 g/mol. The van der Waals surface area contributed by atoms with Gasteiger partial charge in [-0.25, -0.2) is 4.68 Å². The highest BCUT2D eigenvalue weighted by Crippen LogP contribution is 2.23. The van der Waals surface area contributed by atoms with Crippen molar-refractivity contribution in [3.05, 3.63) is 66.4 Å². The van der Waals surface area contributed by atoms with Crippen molar-refractivity contribution in [1.29, 1.82) is 0 Å². The molecule has 0 spiro atoms. The van der Waals surface area contributed by atoms with Crippen molar-refractivity contribution >= 4 is 5.91 Å². The van der Waals surface area contributed by atoms with E-state index in [1.165, 1.54) is 25.8 Å². The molecule has 1 saturated heterocycles. The van der Waals surface area contributed by atoms with Gasteiger partial charge in [0.2, 0.25) is 0 Å². The van der Waals surface area contributed by atoms with Gasteiger partial charge in [-0.2, -0.15) is 5.10 Å². The minimum atomic E-state index is -0.109. The van der Waals surface area contributed by atoms with Crippen LogP contribution in [0.2, 0.25) is 0 Å². The molecule has 0 saturated carbocycles. The SMILES string of the molecule is COc1ccc(-n2nc(-c3ccccc3)cc2C(=O)NCCCN2CCCCC2C)cc1. The zero-order chi connectivity index (χ0) is 22.3. The fourth-order valence-electron chi connectivity index (χ4n) is 4.28. The van der Waals surface area contributed by atoms with Crippen LogP contribution >= 0.6 is 0 Å². The standard InChI is InChI=1S/C26H32N4O2/c1-20-9-6-7-17-29(20)18-8-16-27-26(31)25-19-24(21-10-4-3-5-11-21)28-30(25)22-12-14-23(32-2)15-13-22/h3-5,10-15,19-20H,6-9,16-18H2,1-2H3,(H,27,31). The van der Waals surface area contributed by atoms with E-state index in [9.17, 15) is 4.79 Å². The van der Waals surface area contributed by atoms with Gasteiger partial charge in [-0.3, -0.25) is 4.79 Å². The third-order valence-electron chi connectivity index (χ3n) is 6.18. The van der Waals surface area contributed by atoms with Crippen molar-refractivity contribution in [2.24, 2.45) is 0 Å². The molecule has 0 aliphatic carbocycles. The zero-order valence-electron chi connectivity index (χ0n) is 19.0. The van der Waals surface area contributed by atoms with E-state index in [1.807, 2.05) is 60.7 Å². The van der Waals surface area contributed by atoms with Gasteiger partial charge in [-0.1, -0.05) is 36.8 Å². The Kier molecular flexibility index (Phi) is 7.22. The molecule has 1 N–H and O–H groups in total. The van der Waals surface area contributed by atoms with Crippen LogP contribution in [0.15, 0.2) is 60.7 Å². The number of likely N-dealkylation sites (tertiary alicyclic amines) is 1. The fourth-order valence-corrected chi connectivity index (χ4v) is 4.28. The number of nitrogens with zero attached hydrogens (tertiary/aromatic N) is 3. The van der Waals surface area contributed by atoms with Crippen LogP contribution < -0.4 is 10.1 Å². The van der Waals surface area contributed by atoms with Crippen molar-refractivity contribution < 1.29 is 9.53 Å². The molecule has 1 aliphatic rings. The predicted octanol–water partition coefficient (Wildman–Crippen LogP) is 4.54. The number of methoxy groups -OCH3 is 1. The van der Waals surface area contributed by atoms with Crippen molar-refractivity contribution in [1.82, 2.24) is 20.0 Å². The molecule has 1 aromatic heterocycles. The number of carbonyl (C=O) groups excluding carboxylic acids is 1. The highest BCUT2D eigenvalue weighted by atomic mass is 16.5. The first kappa shape index (κ1) is 22.1. The second-order valence-corrected chi connectivity index (χ2v) is 8.38. The molecule has 1 atom stereocenters. The molecular weight excluding hydrogens is 400 g/mol. The van der Waals surface area contributed by atoms with Crippen LogP contribution in [0.1, 0.15) is 43.1 Å². The summed E-state index contributed by atoms with van der Waals surface area (Å²) in [5.41, 5.74) is 3.10. The Bertz CT molecular complexity index is 1010. The summed E-state index contributed by atoms with van der Waals surface area (Å²) in [5.74, 6) is 0.657. The normalized spacial score (nSPS) is 16.6. The van der Waals surface area contributed by atoms with Gasteiger partial charge in [0, 0.05) is 24.7 Å². The lowest BCUT2D eigenvalue weighted by Gasteiger charge is -2.33. The van der Waals surface area contributed by atoms with Gasteiger partial charge < -0.3 is 15.0 Å². The van der Waals surface area contributed by atoms with E-state index in [2.05, 4.69) is 17.1 Å². The number of carbonyl (C=O) groups is 1. The van der Waals surface area contributed by atoms with Crippen LogP contribution in [0.4, 0.5) is 0 Å². The molecule has 2 heterocycles. The third-order valence-corrected chi connectivity index (χ3v) is 6.18. The smallest absolute Gasteiger partial charge is 0.270 e. The lowest BCUT2D eigenvalue weighted by Crippen LogP contribution is -2.39. The van der Waals surface area contributed by atoms with E-state index in [1.54, 1.807) is 11.8 Å². The average molecular weight is 433 g/mol. The number of hydrogen-bond donors (Lipinski definition) is 1. The van der Waals surface area contributed by atoms with Crippen molar-refractivity contribution in [2.45, 2.75) is 38.6 Å². The lowest BCUT2D eigenvalue weighted by molar-refractivity contribution is 0.0941. The van der Waals surface area contributed by atoms with Crippen LogP contribution in [-0.4, -0.2) is 53.4 Å². The Hall–Kier alpha value is -3.12. The summed E-state index contributed by atoms with van der Waals surface area (Å²) in [6, 6.07) is 20.0. The summed E-state index contributed by atoms with van der Waals surface area (Å²) in [6.07, 6.45) is 4.82. The maximum Gasteiger partial charge on any atom is 0.270 e. The van der Waals surface area contributed by atoms with E-state index in [4.69, 9.17) is 9.84 Å². The van der Waals surface area contributed by atoms with E-state index >= 15 is 0 Å². The van der Waals surface area contributed by atoms with E-state index < -0.39 is 0 Å². The number of ether oxygens (including phenoxy) is 1. The molecule has 2 aromatic carbocycles. The first-order valence-electron chi connectivity index (χ1n) is 11.5. The van der Waals surface area contributed by atoms with Crippen LogP contribution in [0.3, 0.4) is 0 Å². The number of nitrogens with one attached hydrogen (secondary N) is 1. The maximum absolute atomic E-state index is 13.1. The first-order valence-corrected chi connectivity index (χ1v) is 11.5. The van der Waals surface area contributed by atoms with Gasteiger partial charge in [0.1, 0.15) is 11.4 Å². The molecule has 1 unspecified atom stereocenters. The van der Waals surface area contributed by atoms with Crippen molar-refractivity contribution in [3.8, 4) is 22.7 Å². The first-order chi connectivity index (χ1) is 15.7. The second kappa shape index (κ2) is 10.5. The Morgan fingerprint density at radius 3 is 2.62 bits per heavy atom. The summed E-state index contributed by atoms with van der Waals surface area (Å²) in [4.78, 5) is 15.6. The summed E-state index contributed by atoms with van der Waals surface area (Å²) in [7, 11) is 1.64. The third kappa shape index (κ3) is 5.19. The molecule has 32 heavy (non-hydrogen) atoms. The molecule has 1 amide bonds. The van der Waals surface area contributed by atoms with Crippen molar-refractivity contribution in [2.75, 3.05) is 26.7 Å². The number of hydrogen-bond acceptors (Lipinski definition) is 4. The zero-order valence-corrected chi connectivity index (χ0v) is 19.0. The number of piperidine rings is 1. The van der Waals surface area contributed by atoms with Gasteiger partial charge in [0.15, 0.2) is 0 Å². The number of rotatable bonds is 8. The quantitative estimate of drug-likeness (QED) is 0.531. The highest BCUT2D eigenvalue weighted by Gasteiger charge is 2.19. The predicted molar refractivity (Wildman–Crippen MR) is 127 cm³/mol. The molecule has 168 valence electrons. The van der Waals surface area contributed by atoms with Gasteiger partial charge in [-0.15, -0.1) is 0 Å². The van der Waals surface area contributed by atoms with Crippen LogP contribution in [0, 0.1) is 0 Å². The van der Waals surface area contributed by atoms with Crippen LogP contribution in [0.25, 0.3) is 16.9 Å². The Morgan fingerprint density at radius 2 is 1.91 bits per heavy atom. The summed E-state index contributed by atoms with van der Waals surface area (Å²) >= 11 is 0. The summed E-state index contributed by atoms with van der Waals surface area (Å²) in [6.45, 7) is 5.14. The second-order valence-electron chi connectivity index (χ2n) is 8.38. The topological polar surface area (TPSA) is 59.4 Å². The molecule has 6 nitrogen and oxygen atoms in total. The number of amides is 1. The average Bonchev–Trinajstić information content (AvgIpc) is 3.29. The molecule has 0 bridgehead atoms. The van der Waals surface area contributed by atoms with Crippen LogP contribution in [0.5, 0.6) is 5.75 Å². The minimum absolute atomic E-state index is 0.109. The Morgan fingerprint density at radius 1 is 1.12 bits per heavy atom. The minimum Gasteiger partial charge on any atom is -0.497 e. The molecule has 0 radical (unpaired) electrons. The highest BCUT2D eigenvalue weighted by molar-refractivity contribution is 5.94. The Labute approximate surface area is 190 Å². The van der Waals surface area contributed by atoms with E-state index in [0.29, 0.717) is 18.3 Å². The van der Waals surface area contributed by atoms with Gasteiger partial charge in [0.25, 0.3) is 5.91 Å². The van der Waals surface area contributed by atoms with E-state index in [0.717, 1.165) is 35.7 Å². The summed E-state index contributed by atoms with van der Waals surface area (Å²) < 4.78 is 6.98. The molecular formula is C26H32N4O2. The van der Waals surface area contributed by atoms with Gasteiger partial charge >= 0.3 is 0 Å². The van der Waals surface area contributed by atoms with Gasteiger partial charge in [0.05, 0.1) is 18.5 Å². The number of aromatic nitrogens is 2. The summed E-state index contributed by atoms with van der Waals surface area (Å²) in [5, 5.41) is 7.85. The molecule has 1 aliphatic heterocycles. The largest absolute Gasteiger partial charge is 0.497 e. The lowest BCUT2D eigenvalue weighted by atomic mass is 10.0. The molecule has 3 aromatic rings. The fraction of sp³-hybridized carbons (Fsp3) is 0.385. The van der Waals surface area contributed by atoms with Gasteiger partial charge in [-0.05, 0) is 63.1 Å². The van der Waals surface area contributed by atoms with Crippen molar-refractivity contribution in [3.63, 3.8) is 0 Å². The van der Waals surface area contributed by atoms with Crippen LogP contribution in [-0.2, 0) is 0 Å².